The summed E-state index contributed by atoms with van der Waals surface area (Å²) in [5, 5.41) is 52.1. The summed E-state index contributed by atoms with van der Waals surface area (Å²) < 4.78 is 17.5. The number of amides is 2. The number of nitrogens with two attached hydrogens (primary N) is 1. The molecular formula is C51H76N10O9. The van der Waals surface area contributed by atoms with Crippen LogP contribution in [-0.4, -0.2) is 154 Å². The number of nitrogens with zero attached hydrogens (tertiary/aromatic N) is 6. The number of piperidine rings is 2. The number of carbonyl (C=O) groups is 2. The lowest BCUT2D eigenvalue weighted by Gasteiger charge is -2.43. The van der Waals surface area contributed by atoms with Crippen molar-refractivity contribution in [3.05, 3.63) is 58.9 Å². The predicted molar refractivity (Wildman–Crippen MR) is 266 cm³/mol. The number of hydrogen-bond acceptors (Lipinski definition) is 17. The number of piperazine rings is 1. The molecule has 8 rings (SSSR count). The van der Waals surface area contributed by atoms with Gasteiger partial charge in [-0.15, -0.1) is 0 Å². The Morgan fingerprint density at radius 1 is 0.829 bits per heavy atom. The van der Waals surface area contributed by atoms with E-state index in [4.69, 9.17) is 24.9 Å². The van der Waals surface area contributed by atoms with Gasteiger partial charge in [0, 0.05) is 93.9 Å². The third-order valence-corrected chi connectivity index (χ3v) is 14.9. The molecule has 0 spiro atoms. The SMILES string of the molecule is CCc1nc(C(N)=O)c(Nc2ccc(N3CCC(N4CCN(C(=O)CCCCCCCCCOc5cccc6c5C(O)N(C5CCC(O)NC5O)C6O)CC4)CC3)c(OC)c2)nc1NC1CCOCC1. The lowest BCUT2D eigenvalue weighted by atomic mass is 10.0. The number of aliphatic hydroxyl groups excluding tert-OH is 4. The number of benzene rings is 2. The van der Waals surface area contributed by atoms with Crippen LogP contribution in [-0.2, 0) is 16.0 Å². The van der Waals surface area contributed by atoms with Gasteiger partial charge < -0.3 is 60.8 Å². The molecule has 1 aromatic heterocycles. The third-order valence-electron chi connectivity index (χ3n) is 14.9. The first kappa shape index (κ1) is 51.5. The standard InChI is InChI=1S/C51H76N10O9/c1-3-37-47(53-33-21-30-69-31-22-33)57-48(45(55-37)46(52)64)54-34-15-16-38(41(32-34)68-2)59-23-19-35(20-24-59)58-25-27-60(28-26-58)43(63)14-9-7-5-4-6-8-10-29-70-40-13-11-12-36-44(40)51(67)61(50(36)66)39-17-18-42(62)56-49(39)65/h11-13,15-16,32-33,35,39,42,49-51,56,62,65-67H,3-10,14,17-31H2,1-2H3,(H2,52,64)(H2,53,54,57). The molecule has 0 saturated carbocycles. The Labute approximate surface area is 412 Å². The molecule has 0 radical (unpaired) electrons. The Morgan fingerprint density at radius 2 is 1.56 bits per heavy atom. The largest absolute Gasteiger partial charge is 0.495 e. The fraction of sp³-hybridized carbons (Fsp3) is 0.647. The first-order chi connectivity index (χ1) is 34.0. The quantitative estimate of drug-likeness (QED) is 0.0687. The van der Waals surface area contributed by atoms with Crippen molar-refractivity contribution in [2.24, 2.45) is 5.73 Å². The van der Waals surface area contributed by atoms with E-state index in [2.05, 4.69) is 30.7 Å². The molecule has 4 saturated heterocycles. The molecule has 5 aliphatic heterocycles. The second-order valence-corrected chi connectivity index (χ2v) is 19.4. The zero-order valence-corrected chi connectivity index (χ0v) is 41.1. The number of hydrogen-bond donors (Lipinski definition) is 8. The normalized spacial score (nSPS) is 23.8. The van der Waals surface area contributed by atoms with Gasteiger partial charge in [0.15, 0.2) is 17.3 Å². The minimum absolute atomic E-state index is 0.0947. The second kappa shape index (κ2) is 24.5. The summed E-state index contributed by atoms with van der Waals surface area (Å²) in [6.07, 6.45) is 8.79. The van der Waals surface area contributed by atoms with E-state index >= 15 is 0 Å². The van der Waals surface area contributed by atoms with Gasteiger partial charge in [-0.2, -0.15) is 0 Å². The highest BCUT2D eigenvalue weighted by atomic mass is 16.5. The summed E-state index contributed by atoms with van der Waals surface area (Å²) in [4.78, 5) is 43.6. The van der Waals surface area contributed by atoms with Crippen LogP contribution in [0.2, 0.25) is 0 Å². The van der Waals surface area contributed by atoms with Crippen LogP contribution in [0.3, 0.4) is 0 Å². The number of methoxy groups -OCH3 is 1. The fourth-order valence-corrected chi connectivity index (χ4v) is 10.9. The first-order valence-corrected chi connectivity index (χ1v) is 25.8. The average Bonchev–Trinajstić information content (AvgIpc) is 3.63. The summed E-state index contributed by atoms with van der Waals surface area (Å²) in [7, 11) is 1.67. The Morgan fingerprint density at radius 3 is 2.26 bits per heavy atom. The van der Waals surface area contributed by atoms with Crippen molar-refractivity contribution in [2.45, 2.75) is 146 Å². The molecule has 5 atom stereocenters. The number of fused-ring (bicyclic) bond motifs is 1. The van der Waals surface area contributed by atoms with E-state index in [1.54, 1.807) is 25.3 Å². The van der Waals surface area contributed by atoms with Crippen molar-refractivity contribution >= 4 is 34.8 Å². The van der Waals surface area contributed by atoms with Gasteiger partial charge in [0.25, 0.3) is 5.91 Å². The summed E-state index contributed by atoms with van der Waals surface area (Å²) in [5.74, 6) is 1.82. The van der Waals surface area contributed by atoms with E-state index in [9.17, 15) is 30.0 Å². The van der Waals surface area contributed by atoms with E-state index in [0.29, 0.717) is 91.4 Å². The van der Waals surface area contributed by atoms with Gasteiger partial charge in [0.05, 0.1) is 31.1 Å². The van der Waals surface area contributed by atoms with Crippen LogP contribution >= 0.6 is 0 Å². The van der Waals surface area contributed by atoms with E-state index < -0.39 is 36.9 Å². The summed E-state index contributed by atoms with van der Waals surface area (Å²) >= 11 is 0. The molecule has 9 N–H and O–H groups in total. The molecule has 3 aromatic rings. The van der Waals surface area contributed by atoms with Gasteiger partial charge in [0.2, 0.25) is 5.91 Å². The molecule has 6 heterocycles. The number of unbranched alkanes of at least 4 members (excludes halogenated alkanes) is 6. The van der Waals surface area contributed by atoms with Crippen LogP contribution < -0.4 is 36.1 Å². The van der Waals surface area contributed by atoms with E-state index in [1.165, 1.54) is 4.90 Å². The number of carbonyl (C=O) groups excluding carboxylic acids is 2. The van der Waals surface area contributed by atoms with Crippen molar-refractivity contribution in [2.75, 3.05) is 81.7 Å². The highest BCUT2D eigenvalue weighted by Gasteiger charge is 2.46. The van der Waals surface area contributed by atoms with Crippen molar-refractivity contribution in [1.82, 2.24) is 30.0 Å². The summed E-state index contributed by atoms with van der Waals surface area (Å²) in [6, 6.07) is 11.4. The van der Waals surface area contributed by atoms with Crippen LogP contribution in [0.25, 0.3) is 0 Å². The Hall–Kier alpha value is -4.86. The van der Waals surface area contributed by atoms with Crippen molar-refractivity contribution < 1.29 is 44.2 Å². The van der Waals surface area contributed by atoms with Crippen molar-refractivity contribution in [3.63, 3.8) is 0 Å². The number of rotatable bonds is 21. The number of primary amides is 1. The van der Waals surface area contributed by atoms with Crippen molar-refractivity contribution in [1.29, 1.82) is 0 Å². The predicted octanol–water partition coefficient (Wildman–Crippen LogP) is 4.48. The molecule has 2 amide bonds. The molecule has 5 unspecified atom stereocenters. The lowest BCUT2D eigenvalue weighted by Crippen LogP contribution is -2.57. The number of aryl methyl sites for hydroxylation is 1. The Kier molecular flexibility index (Phi) is 18.0. The maximum absolute atomic E-state index is 13.2. The zero-order chi connectivity index (χ0) is 49.1. The van der Waals surface area contributed by atoms with E-state index in [-0.39, 0.29) is 17.6 Å². The maximum atomic E-state index is 13.2. The summed E-state index contributed by atoms with van der Waals surface area (Å²) in [6.45, 7) is 8.98. The first-order valence-electron chi connectivity index (χ1n) is 25.8. The lowest BCUT2D eigenvalue weighted by molar-refractivity contribution is -0.159. The third kappa shape index (κ3) is 12.4. The number of ether oxygens (including phenoxy) is 3. The fourth-order valence-electron chi connectivity index (χ4n) is 10.9. The van der Waals surface area contributed by atoms with Crippen molar-refractivity contribution in [3.8, 4) is 11.5 Å². The molecular weight excluding hydrogens is 897 g/mol. The molecule has 5 aliphatic rings. The molecule has 19 nitrogen and oxygen atoms in total. The van der Waals surface area contributed by atoms with E-state index in [0.717, 1.165) is 121 Å². The monoisotopic (exact) mass is 973 g/mol. The molecule has 19 heteroatoms. The minimum atomic E-state index is -1.13. The van der Waals surface area contributed by atoms with Crippen LogP contribution in [0.5, 0.6) is 11.5 Å². The van der Waals surface area contributed by atoms with Crippen LogP contribution in [0.4, 0.5) is 23.0 Å². The highest BCUT2D eigenvalue weighted by molar-refractivity contribution is 5.96. The highest BCUT2D eigenvalue weighted by Crippen LogP contribution is 2.46. The van der Waals surface area contributed by atoms with Crippen LogP contribution in [0.1, 0.15) is 137 Å². The molecule has 70 heavy (non-hydrogen) atoms. The number of nitrogens with one attached hydrogen (secondary N) is 3. The second-order valence-electron chi connectivity index (χ2n) is 19.4. The number of aromatic nitrogens is 2. The van der Waals surface area contributed by atoms with Gasteiger partial charge in [0.1, 0.15) is 36.4 Å². The van der Waals surface area contributed by atoms with E-state index in [1.807, 2.05) is 30.0 Å². The number of aliphatic hydroxyl groups is 4. The minimum Gasteiger partial charge on any atom is -0.495 e. The van der Waals surface area contributed by atoms with Crippen LogP contribution in [0, 0.1) is 0 Å². The zero-order valence-electron chi connectivity index (χ0n) is 41.1. The maximum Gasteiger partial charge on any atom is 0.271 e. The van der Waals surface area contributed by atoms with Gasteiger partial charge in [-0.1, -0.05) is 51.2 Å². The Bertz CT molecular complexity index is 2200. The topological polar surface area (TPSA) is 244 Å². The van der Waals surface area contributed by atoms with Crippen LogP contribution in [0.15, 0.2) is 36.4 Å². The van der Waals surface area contributed by atoms with Gasteiger partial charge in [-0.3, -0.25) is 19.8 Å². The molecule has 0 aliphatic carbocycles. The van der Waals surface area contributed by atoms with Gasteiger partial charge in [-0.05, 0) is 76.0 Å². The molecule has 384 valence electrons. The molecule has 0 bridgehead atoms. The summed E-state index contributed by atoms with van der Waals surface area (Å²) in [5.41, 5.74) is 9.39. The van der Waals surface area contributed by atoms with Gasteiger partial charge in [-0.25, -0.2) is 14.9 Å². The smallest absolute Gasteiger partial charge is 0.271 e. The molecule has 2 aromatic carbocycles. The molecule has 4 fully saturated rings. The average molecular weight is 973 g/mol. The van der Waals surface area contributed by atoms with Gasteiger partial charge >= 0.3 is 0 Å². The Balaban J connectivity index is 0.703. The number of anilines is 4.